The fourth-order valence-electron chi connectivity index (χ4n) is 1.72. The standard InChI is InChI=1S/C10H18O3S/c1-3-11-7-9(12-4-1)10-8-14-6-2-5-13-10/h9-10H,1-8H2. The largest absolute Gasteiger partial charge is 0.379 e. The maximum absolute atomic E-state index is 5.77. The molecule has 2 fully saturated rings. The first-order chi connectivity index (χ1) is 6.97. The Kier molecular flexibility index (Phi) is 4.57. The van der Waals surface area contributed by atoms with E-state index in [4.69, 9.17) is 14.2 Å². The van der Waals surface area contributed by atoms with Crippen LogP contribution >= 0.6 is 11.8 Å². The second-order valence-electron chi connectivity index (χ2n) is 3.68. The van der Waals surface area contributed by atoms with E-state index in [0.29, 0.717) is 6.61 Å². The number of hydrogen-bond acceptors (Lipinski definition) is 4. The normalized spacial score (nSPS) is 36.0. The molecule has 3 nitrogen and oxygen atoms in total. The Hall–Kier alpha value is 0.230. The van der Waals surface area contributed by atoms with E-state index in [1.165, 1.54) is 5.75 Å². The molecule has 0 aliphatic carbocycles. The van der Waals surface area contributed by atoms with Crippen molar-refractivity contribution in [3.63, 3.8) is 0 Å². The van der Waals surface area contributed by atoms with Crippen LogP contribution in [0.1, 0.15) is 12.8 Å². The number of thioether (sulfide) groups is 1. The molecule has 4 heteroatoms. The maximum atomic E-state index is 5.77. The van der Waals surface area contributed by atoms with Crippen LogP contribution in [0.5, 0.6) is 0 Å². The Morgan fingerprint density at radius 3 is 2.79 bits per heavy atom. The minimum absolute atomic E-state index is 0.156. The fraction of sp³-hybridized carbons (Fsp3) is 1.00. The summed E-state index contributed by atoms with van der Waals surface area (Å²) in [7, 11) is 0. The minimum atomic E-state index is 0.156. The lowest BCUT2D eigenvalue weighted by molar-refractivity contribution is -0.0740. The second kappa shape index (κ2) is 5.95. The molecule has 0 aromatic carbocycles. The van der Waals surface area contributed by atoms with Gasteiger partial charge in [0, 0.05) is 25.6 Å². The van der Waals surface area contributed by atoms with Crippen molar-refractivity contribution in [2.45, 2.75) is 25.0 Å². The Morgan fingerprint density at radius 2 is 1.79 bits per heavy atom. The van der Waals surface area contributed by atoms with E-state index >= 15 is 0 Å². The van der Waals surface area contributed by atoms with Gasteiger partial charge in [0.15, 0.2) is 0 Å². The highest BCUT2D eigenvalue weighted by Gasteiger charge is 2.26. The third-order valence-electron chi connectivity index (χ3n) is 2.51. The Balaban J connectivity index is 1.83. The van der Waals surface area contributed by atoms with Crippen molar-refractivity contribution < 1.29 is 14.2 Å². The predicted octanol–water partition coefficient (Wildman–Crippen LogP) is 1.31. The van der Waals surface area contributed by atoms with Gasteiger partial charge < -0.3 is 14.2 Å². The highest BCUT2D eigenvalue weighted by molar-refractivity contribution is 7.99. The van der Waals surface area contributed by atoms with Crippen LogP contribution in [0.3, 0.4) is 0 Å². The molecule has 2 heterocycles. The summed E-state index contributed by atoms with van der Waals surface area (Å²) in [5.74, 6) is 2.26. The van der Waals surface area contributed by atoms with Gasteiger partial charge in [0.2, 0.25) is 0 Å². The number of hydrogen-bond donors (Lipinski definition) is 0. The molecule has 14 heavy (non-hydrogen) atoms. The van der Waals surface area contributed by atoms with Crippen LogP contribution < -0.4 is 0 Å². The number of rotatable bonds is 1. The van der Waals surface area contributed by atoms with Gasteiger partial charge in [-0.25, -0.2) is 0 Å². The smallest absolute Gasteiger partial charge is 0.108 e. The monoisotopic (exact) mass is 218 g/mol. The van der Waals surface area contributed by atoms with Crippen molar-refractivity contribution in [1.29, 1.82) is 0 Å². The molecule has 0 aromatic rings. The molecule has 0 aromatic heterocycles. The lowest BCUT2D eigenvalue weighted by atomic mass is 10.2. The molecule has 2 saturated heterocycles. The van der Waals surface area contributed by atoms with Gasteiger partial charge in [-0.1, -0.05) is 0 Å². The van der Waals surface area contributed by atoms with Crippen LogP contribution in [0, 0.1) is 0 Å². The van der Waals surface area contributed by atoms with E-state index in [2.05, 4.69) is 0 Å². The molecule has 0 saturated carbocycles. The highest BCUT2D eigenvalue weighted by atomic mass is 32.2. The topological polar surface area (TPSA) is 27.7 Å². The molecule has 0 radical (unpaired) electrons. The summed E-state index contributed by atoms with van der Waals surface area (Å²) in [6.07, 6.45) is 2.56. The van der Waals surface area contributed by atoms with Crippen LogP contribution in [-0.2, 0) is 14.2 Å². The van der Waals surface area contributed by atoms with E-state index in [9.17, 15) is 0 Å². The molecule has 0 bridgehead atoms. The molecule has 2 aliphatic rings. The predicted molar refractivity (Wildman–Crippen MR) is 56.9 cm³/mol. The summed E-state index contributed by atoms with van der Waals surface area (Å²) in [5, 5.41) is 0. The lowest BCUT2D eigenvalue weighted by Crippen LogP contribution is -2.36. The van der Waals surface area contributed by atoms with Crippen LogP contribution in [0.4, 0.5) is 0 Å². The van der Waals surface area contributed by atoms with E-state index in [1.54, 1.807) is 0 Å². The zero-order chi connectivity index (χ0) is 9.64. The summed E-state index contributed by atoms with van der Waals surface area (Å²) in [6.45, 7) is 3.22. The average molecular weight is 218 g/mol. The van der Waals surface area contributed by atoms with Crippen molar-refractivity contribution in [2.75, 3.05) is 37.9 Å². The first kappa shape index (κ1) is 10.7. The maximum Gasteiger partial charge on any atom is 0.108 e. The first-order valence-electron chi connectivity index (χ1n) is 5.35. The minimum Gasteiger partial charge on any atom is -0.379 e. The number of ether oxygens (including phenoxy) is 3. The van der Waals surface area contributed by atoms with Gasteiger partial charge >= 0.3 is 0 Å². The molecule has 0 N–H and O–H groups in total. The quantitative estimate of drug-likeness (QED) is 0.663. The highest BCUT2D eigenvalue weighted by Crippen LogP contribution is 2.18. The fourth-order valence-corrected chi connectivity index (χ4v) is 2.75. The molecule has 82 valence electrons. The zero-order valence-electron chi connectivity index (χ0n) is 8.44. The molecule has 2 rings (SSSR count). The Labute approximate surface area is 89.5 Å². The summed E-state index contributed by atoms with van der Waals surface area (Å²) in [6, 6.07) is 0. The van der Waals surface area contributed by atoms with Crippen molar-refractivity contribution >= 4 is 11.8 Å². The van der Waals surface area contributed by atoms with Crippen LogP contribution in [-0.4, -0.2) is 50.1 Å². The van der Waals surface area contributed by atoms with E-state index in [1.807, 2.05) is 11.8 Å². The Bertz CT molecular complexity index is 131. The van der Waals surface area contributed by atoms with E-state index in [0.717, 1.165) is 38.4 Å². The van der Waals surface area contributed by atoms with Crippen LogP contribution in [0.2, 0.25) is 0 Å². The molecular formula is C10H18O3S. The van der Waals surface area contributed by atoms with E-state index in [-0.39, 0.29) is 12.2 Å². The van der Waals surface area contributed by atoms with Crippen molar-refractivity contribution in [3.05, 3.63) is 0 Å². The summed E-state index contributed by atoms with van der Waals surface area (Å²) in [4.78, 5) is 0. The molecule has 2 unspecified atom stereocenters. The lowest BCUT2D eigenvalue weighted by Gasteiger charge is -2.23. The van der Waals surface area contributed by atoms with E-state index < -0.39 is 0 Å². The van der Waals surface area contributed by atoms with Gasteiger partial charge in [-0.3, -0.25) is 0 Å². The van der Waals surface area contributed by atoms with Gasteiger partial charge in [-0.15, -0.1) is 0 Å². The van der Waals surface area contributed by atoms with Crippen LogP contribution in [0.25, 0.3) is 0 Å². The SMILES string of the molecule is C1COCC(C2CSCCCO2)OC1. The van der Waals surface area contributed by atoms with Gasteiger partial charge in [-0.2, -0.15) is 11.8 Å². The third kappa shape index (κ3) is 3.12. The van der Waals surface area contributed by atoms with Crippen molar-refractivity contribution in [1.82, 2.24) is 0 Å². The summed E-state index contributed by atoms with van der Waals surface area (Å²) >= 11 is 1.96. The van der Waals surface area contributed by atoms with Gasteiger partial charge in [0.05, 0.1) is 12.7 Å². The zero-order valence-corrected chi connectivity index (χ0v) is 9.26. The average Bonchev–Trinajstić information content (AvgIpc) is 2.62. The summed E-state index contributed by atoms with van der Waals surface area (Å²) in [5.41, 5.74) is 0. The van der Waals surface area contributed by atoms with Gasteiger partial charge in [0.1, 0.15) is 6.10 Å². The third-order valence-corrected chi connectivity index (χ3v) is 3.65. The second-order valence-corrected chi connectivity index (χ2v) is 4.83. The molecule has 0 amide bonds. The van der Waals surface area contributed by atoms with Gasteiger partial charge in [-0.05, 0) is 18.6 Å². The molecular weight excluding hydrogens is 200 g/mol. The molecule has 2 aliphatic heterocycles. The van der Waals surface area contributed by atoms with Crippen LogP contribution in [0.15, 0.2) is 0 Å². The van der Waals surface area contributed by atoms with Crippen molar-refractivity contribution in [2.24, 2.45) is 0 Å². The Morgan fingerprint density at radius 1 is 0.929 bits per heavy atom. The summed E-state index contributed by atoms with van der Waals surface area (Å²) < 4.78 is 17.0. The van der Waals surface area contributed by atoms with Gasteiger partial charge in [0.25, 0.3) is 0 Å². The molecule has 0 spiro atoms. The molecule has 2 atom stereocenters. The first-order valence-corrected chi connectivity index (χ1v) is 6.51. The van der Waals surface area contributed by atoms with Crippen molar-refractivity contribution in [3.8, 4) is 0 Å².